The number of hydrogen-bond acceptors (Lipinski definition) is 4. The van der Waals surface area contributed by atoms with Gasteiger partial charge in [0.2, 0.25) is 0 Å². The van der Waals surface area contributed by atoms with Gasteiger partial charge < -0.3 is 15.3 Å². The number of carbonyl (C=O) groups excluding carboxylic acids is 2. The number of piperidine rings is 1. The second kappa shape index (κ2) is 5.68. The third kappa shape index (κ3) is 2.93. The molecule has 7 heteroatoms. The zero-order valence-corrected chi connectivity index (χ0v) is 10.9. The van der Waals surface area contributed by atoms with Gasteiger partial charge in [-0.3, -0.25) is 14.6 Å². The van der Waals surface area contributed by atoms with E-state index in [0.717, 1.165) is 4.90 Å². The van der Waals surface area contributed by atoms with Crippen molar-refractivity contribution in [3.63, 3.8) is 0 Å². The number of aromatic nitrogens is 1. The molecule has 0 saturated carbocycles. The number of nitrogens with zero attached hydrogens (tertiary/aromatic N) is 2. The predicted octanol–water partition coefficient (Wildman–Crippen LogP) is 0.379. The molecule has 1 fully saturated rings. The molecule has 1 aromatic rings. The highest BCUT2D eigenvalue weighted by atomic mass is 16.4. The highest BCUT2D eigenvalue weighted by Gasteiger charge is 2.36. The molecular formula is C13H15N3O4. The van der Waals surface area contributed by atoms with E-state index in [4.69, 9.17) is 5.11 Å². The number of carbonyl (C=O) groups is 3. The van der Waals surface area contributed by atoms with E-state index in [1.165, 1.54) is 6.20 Å². The van der Waals surface area contributed by atoms with Crippen molar-refractivity contribution < 1.29 is 19.5 Å². The maximum atomic E-state index is 12.0. The molecule has 2 amide bonds. The zero-order chi connectivity index (χ0) is 14.7. The van der Waals surface area contributed by atoms with Crippen LogP contribution in [0, 0.1) is 5.92 Å². The Morgan fingerprint density at radius 3 is 2.75 bits per heavy atom. The van der Waals surface area contributed by atoms with Crippen LogP contribution in [0.1, 0.15) is 17.4 Å². The second-order valence-corrected chi connectivity index (χ2v) is 4.77. The first-order valence-corrected chi connectivity index (χ1v) is 6.21. The van der Waals surface area contributed by atoms with Gasteiger partial charge in [0.25, 0.3) is 5.91 Å². The maximum absolute atomic E-state index is 12.0. The number of rotatable bonds is 2. The quantitative estimate of drug-likeness (QED) is 0.814. The van der Waals surface area contributed by atoms with Crippen molar-refractivity contribution in [1.29, 1.82) is 0 Å². The lowest BCUT2D eigenvalue weighted by Crippen LogP contribution is -2.57. The number of ketones is 1. The van der Waals surface area contributed by atoms with Crippen LogP contribution in [0.15, 0.2) is 24.4 Å². The van der Waals surface area contributed by atoms with Crippen LogP contribution in [0.5, 0.6) is 0 Å². The first kappa shape index (κ1) is 14.0. The SMILES string of the molecule is CC1CN(C(=O)O)CC(=O)C1NC(=O)c1ccccn1. The Morgan fingerprint density at radius 1 is 1.45 bits per heavy atom. The van der Waals surface area contributed by atoms with E-state index in [1.54, 1.807) is 25.1 Å². The van der Waals surface area contributed by atoms with Crippen molar-refractivity contribution in [3.8, 4) is 0 Å². The van der Waals surface area contributed by atoms with Crippen LogP contribution < -0.4 is 5.32 Å². The predicted molar refractivity (Wildman–Crippen MR) is 69.3 cm³/mol. The van der Waals surface area contributed by atoms with Gasteiger partial charge in [0.1, 0.15) is 5.69 Å². The number of carboxylic acid groups (broad SMARTS) is 1. The molecule has 0 spiro atoms. The minimum Gasteiger partial charge on any atom is -0.465 e. The van der Waals surface area contributed by atoms with Gasteiger partial charge in [-0.2, -0.15) is 0 Å². The Hall–Kier alpha value is -2.44. The molecule has 1 saturated heterocycles. The topological polar surface area (TPSA) is 99.6 Å². The number of nitrogens with one attached hydrogen (secondary N) is 1. The molecule has 1 aliphatic rings. The summed E-state index contributed by atoms with van der Waals surface area (Å²) < 4.78 is 0. The lowest BCUT2D eigenvalue weighted by molar-refractivity contribution is -0.125. The van der Waals surface area contributed by atoms with Crippen LogP contribution in [0.4, 0.5) is 4.79 Å². The van der Waals surface area contributed by atoms with Crippen LogP contribution in [-0.4, -0.2) is 51.9 Å². The second-order valence-electron chi connectivity index (χ2n) is 4.77. The van der Waals surface area contributed by atoms with E-state index in [0.29, 0.717) is 0 Å². The molecule has 0 radical (unpaired) electrons. The molecule has 2 atom stereocenters. The molecule has 0 aliphatic carbocycles. The Balaban J connectivity index is 2.05. The van der Waals surface area contributed by atoms with E-state index in [9.17, 15) is 14.4 Å². The number of likely N-dealkylation sites (tertiary alicyclic amines) is 1. The summed E-state index contributed by atoms with van der Waals surface area (Å²) in [7, 11) is 0. The van der Waals surface area contributed by atoms with E-state index < -0.39 is 18.0 Å². The van der Waals surface area contributed by atoms with Gasteiger partial charge in [-0.05, 0) is 12.1 Å². The van der Waals surface area contributed by atoms with E-state index in [1.807, 2.05) is 0 Å². The number of pyridine rings is 1. The molecule has 2 N–H and O–H groups in total. The van der Waals surface area contributed by atoms with Gasteiger partial charge >= 0.3 is 6.09 Å². The smallest absolute Gasteiger partial charge is 0.407 e. The molecule has 0 bridgehead atoms. The van der Waals surface area contributed by atoms with Crippen molar-refractivity contribution in [2.24, 2.45) is 5.92 Å². The van der Waals surface area contributed by atoms with Crippen molar-refractivity contribution in [2.45, 2.75) is 13.0 Å². The van der Waals surface area contributed by atoms with Gasteiger partial charge in [0, 0.05) is 18.7 Å². The largest absolute Gasteiger partial charge is 0.465 e. The van der Waals surface area contributed by atoms with Gasteiger partial charge in [0.05, 0.1) is 12.6 Å². The Kier molecular flexibility index (Phi) is 3.97. The fourth-order valence-electron chi connectivity index (χ4n) is 2.20. The normalized spacial score (nSPS) is 22.4. The summed E-state index contributed by atoms with van der Waals surface area (Å²) in [5.74, 6) is -1.02. The summed E-state index contributed by atoms with van der Waals surface area (Å²) >= 11 is 0. The summed E-state index contributed by atoms with van der Waals surface area (Å²) in [5, 5.41) is 11.5. The van der Waals surface area contributed by atoms with Crippen LogP contribution in [0.3, 0.4) is 0 Å². The van der Waals surface area contributed by atoms with Gasteiger partial charge in [-0.15, -0.1) is 0 Å². The molecule has 2 unspecified atom stereocenters. The fourth-order valence-corrected chi connectivity index (χ4v) is 2.20. The van der Waals surface area contributed by atoms with Crippen LogP contribution in [0.25, 0.3) is 0 Å². The van der Waals surface area contributed by atoms with E-state index in [2.05, 4.69) is 10.3 Å². The summed E-state index contributed by atoms with van der Waals surface area (Å²) in [4.78, 5) is 39.7. The average Bonchev–Trinajstić information content (AvgIpc) is 2.43. The van der Waals surface area contributed by atoms with Gasteiger partial charge in [-0.25, -0.2) is 4.79 Å². The number of Topliss-reactive ketones (excluding diaryl/α,β-unsaturated/α-hetero) is 1. The third-order valence-electron chi connectivity index (χ3n) is 3.23. The third-order valence-corrected chi connectivity index (χ3v) is 3.23. The summed E-state index contributed by atoms with van der Waals surface area (Å²) in [6.45, 7) is 1.75. The molecule has 20 heavy (non-hydrogen) atoms. The fraction of sp³-hybridized carbons (Fsp3) is 0.385. The molecule has 1 aromatic heterocycles. The summed E-state index contributed by atoms with van der Waals surface area (Å²) in [5.41, 5.74) is 0.230. The first-order chi connectivity index (χ1) is 9.49. The Morgan fingerprint density at radius 2 is 2.20 bits per heavy atom. The maximum Gasteiger partial charge on any atom is 0.407 e. The minimum atomic E-state index is -1.13. The number of amides is 2. The molecule has 106 valence electrons. The van der Waals surface area contributed by atoms with Crippen LogP contribution in [-0.2, 0) is 4.79 Å². The van der Waals surface area contributed by atoms with Crippen molar-refractivity contribution in [3.05, 3.63) is 30.1 Å². The molecule has 1 aliphatic heterocycles. The number of hydrogen-bond donors (Lipinski definition) is 2. The molecule has 2 rings (SSSR count). The molecule has 7 nitrogen and oxygen atoms in total. The zero-order valence-electron chi connectivity index (χ0n) is 10.9. The average molecular weight is 277 g/mol. The lowest BCUT2D eigenvalue weighted by Gasteiger charge is -2.34. The van der Waals surface area contributed by atoms with Crippen LogP contribution in [0.2, 0.25) is 0 Å². The standard InChI is InChI=1S/C13H15N3O4/c1-8-6-16(13(19)20)7-10(17)11(8)15-12(18)9-4-2-3-5-14-9/h2-5,8,11H,6-7H2,1H3,(H,15,18)(H,19,20). The van der Waals surface area contributed by atoms with Crippen LogP contribution >= 0.6 is 0 Å². The molecule has 2 heterocycles. The summed E-state index contributed by atoms with van der Waals surface area (Å²) in [6.07, 6.45) is 0.368. The minimum absolute atomic E-state index is 0.202. The lowest BCUT2D eigenvalue weighted by atomic mass is 9.93. The summed E-state index contributed by atoms with van der Waals surface area (Å²) in [6, 6.07) is 4.24. The van der Waals surface area contributed by atoms with Crippen molar-refractivity contribution in [1.82, 2.24) is 15.2 Å². The molecule has 0 aromatic carbocycles. The molecular weight excluding hydrogens is 262 g/mol. The highest BCUT2D eigenvalue weighted by molar-refractivity contribution is 5.98. The van der Waals surface area contributed by atoms with Crippen molar-refractivity contribution >= 4 is 17.8 Å². The highest BCUT2D eigenvalue weighted by Crippen LogP contribution is 2.15. The Labute approximate surface area is 115 Å². The van der Waals surface area contributed by atoms with E-state index in [-0.39, 0.29) is 30.5 Å². The first-order valence-electron chi connectivity index (χ1n) is 6.21. The van der Waals surface area contributed by atoms with Gasteiger partial charge in [-0.1, -0.05) is 13.0 Å². The van der Waals surface area contributed by atoms with Gasteiger partial charge in [0.15, 0.2) is 5.78 Å². The van der Waals surface area contributed by atoms with E-state index >= 15 is 0 Å². The van der Waals surface area contributed by atoms with Crippen molar-refractivity contribution in [2.75, 3.05) is 13.1 Å². The Bertz CT molecular complexity index is 532. The monoisotopic (exact) mass is 277 g/mol.